The molecule has 3 heteroatoms. The number of ether oxygens (including phenoxy) is 1. The summed E-state index contributed by atoms with van der Waals surface area (Å²) < 4.78 is 5.14. The second-order valence-electron chi connectivity index (χ2n) is 3.37. The van der Waals surface area contributed by atoms with Crippen molar-refractivity contribution in [3.63, 3.8) is 0 Å². The standard InChI is InChI=1S/C10H14N2O/c1-13-9-3-2-7-4-8(11)6-12-10(7)5-9/h2-3,5,8,12H,4,6,11H2,1H3. The molecule has 0 saturated carbocycles. The molecule has 0 aliphatic carbocycles. The number of methoxy groups -OCH3 is 1. The van der Waals surface area contributed by atoms with Gasteiger partial charge in [-0.15, -0.1) is 0 Å². The third-order valence-electron chi connectivity index (χ3n) is 2.35. The maximum atomic E-state index is 5.83. The minimum Gasteiger partial charge on any atom is -0.497 e. The topological polar surface area (TPSA) is 47.3 Å². The van der Waals surface area contributed by atoms with Crippen molar-refractivity contribution < 1.29 is 4.74 Å². The Morgan fingerprint density at radius 2 is 2.38 bits per heavy atom. The first kappa shape index (κ1) is 8.38. The van der Waals surface area contributed by atoms with Gasteiger partial charge < -0.3 is 15.8 Å². The second kappa shape index (κ2) is 3.26. The van der Waals surface area contributed by atoms with Gasteiger partial charge in [0.05, 0.1) is 7.11 Å². The fraction of sp³-hybridized carbons (Fsp3) is 0.400. The number of fused-ring (bicyclic) bond motifs is 1. The van der Waals surface area contributed by atoms with Crippen molar-refractivity contribution >= 4 is 5.69 Å². The van der Waals surface area contributed by atoms with Crippen LogP contribution in [0.5, 0.6) is 5.75 Å². The summed E-state index contributed by atoms with van der Waals surface area (Å²) in [5.74, 6) is 0.890. The Morgan fingerprint density at radius 3 is 3.15 bits per heavy atom. The number of benzene rings is 1. The summed E-state index contributed by atoms with van der Waals surface area (Å²) in [6.07, 6.45) is 0.951. The van der Waals surface area contributed by atoms with E-state index in [0.717, 1.165) is 24.4 Å². The summed E-state index contributed by atoms with van der Waals surface area (Å²) in [5, 5.41) is 3.28. The van der Waals surface area contributed by atoms with Gasteiger partial charge in [0.1, 0.15) is 5.75 Å². The van der Waals surface area contributed by atoms with Crippen molar-refractivity contribution in [3.8, 4) is 5.75 Å². The van der Waals surface area contributed by atoms with E-state index in [9.17, 15) is 0 Å². The molecule has 0 amide bonds. The number of rotatable bonds is 1. The van der Waals surface area contributed by atoms with E-state index in [1.807, 2.05) is 12.1 Å². The van der Waals surface area contributed by atoms with E-state index in [4.69, 9.17) is 10.5 Å². The smallest absolute Gasteiger partial charge is 0.120 e. The molecule has 1 aliphatic heterocycles. The highest BCUT2D eigenvalue weighted by Gasteiger charge is 2.14. The first-order valence-electron chi connectivity index (χ1n) is 4.46. The van der Waals surface area contributed by atoms with Gasteiger partial charge in [-0.3, -0.25) is 0 Å². The van der Waals surface area contributed by atoms with Crippen LogP contribution in [0.1, 0.15) is 5.56 Å². The molecule has 0 aromatic heterocycles. The lowest BCUT2D eigenvalue weighted by Crippen LogP contribution is -2.35. The monoisotopic (exact) mass is 178 g/mol. The number of hydrogen-bond donors (Lipinski definition) is 2. The van der Waals surface area contributed by atoms with E-state index < -0.39 is 0 Å². The Bertz CT molecular complexity index is 312. The second-order valence-corrected chi connectivity index (χ2v) is 3.37. The fourth-order valence-corrected chi connectivity index (χ4v) is 1.62. The molecule has 3 N–H and O–H groups in total. The molecule has 2 rings (SSSR count). The minimum atomic E-state index is 0.237. The zero-order chi connectivity index (χ0) is 9.26. The number of anilines is 1. The van der Waals surface area contributed by atoms with Crippen molar-refractivity contribution in [2.24, 2.45) is 5.73 Å². The van der Waals surface area contributed by atoms with Gasteiger partial charge in [0.2, 0.25) is 0 Å². The largest absolute Gasteiger partial charge is 0.497 e. The molecule has 13 heavy (non-hydrogen) atoms. The first-order valence-corrected chi connectivity index (χ1v) is 4.46. The van der Waals surface area contributed by atoms with Crippen LogP contribution >= 0.6 is 0 Å². The van der Waals surface area contributed by atoms with Crippen LogP contribution in [0.15, 0.2) is 18.2 Å². The Balaban J connectivity index is 2.31. The van der Waals surface area contributed by atoms with Crippen LogP contribution in [0.2, 0.25) is 0 Å². The predicted octanol–water partition coefficient (Wildman–Crippen LogP) is 0.990. The van der Waals surface area contributed by atoms with Crippen LogP contribution in [0.3, 0.4) is 0 Å². The van der Waals surface area contributed by atoms with E-state index in [-0.39, 0.29) is 6.04 Å². The zero-order valence-corrected chi connectivity index (χ0v) is 7.71. The van der Waals surface area contributed by atoms with Crippen LogP contribution in [0.25, 0.3) is 0 Å². The average Bonchev–Trinajstić information content (AvgIpc) is 2.17. The Morgan fingerprint density at radius 1 is 1.54 bits per heavy atom. The van der Waals surface area contributed by atoms with Crippen molar-refractivity contribution in [2.45, 2.75) is 12.5 Å². The van der Waals surface area contributed by atoms with Crippen molar-refractivity contribution in [3.05, 3.63) is 23.8 Å². The minimum absolute atomic E-state index is 0.237. The Hall–Kier alpha value is -1.22. The average molecular weight is 178 g/mol. The summed E-state index contributed by atoms with van der Waals surface area (Å²) in [6, 6.07) is 6.29. The molecule has 1 atom stereocenters. The summed E-state index contributed by atoms with van der Waals surface area (Å²) in [7, 11) is 1.68. The van der Waals surface area contributed by atoms with Crippen LogP contribution in [-0.2, 0) is 6.42 Å². The molecule has 1 aliphatic rings. The van der Waals surface area contributed by atoms with E-state index in [0.29, 0.717) is 0 Å². The molecule has 1 aromatic carbocycles. The fourth-order valence-electron chi connectivity index (χ4n) is 1.62. The molecular formula is C10H14N2O. The van der Waals surface area contributed by atoms with Gasteiger partial charge in [0, 0.05) is 24.3 Å². The zero-order valence-electron chi connectivity index (χ0n) is 7.71. The van der Waals surface area contributed by atoms with E-state index in [1.54, 1.807) is 7.11 Å². The van der Waals surface area contributed by atoms with E-state index >= 15 is 0 Å². The van der Waals surface area contributed by atoms with Gasteiger partial charge in [0.15, 0.2) is 0 Å². The molecule has 0 spiro atoms. The van der Waals surface area contributed by atoms with Crippen molar-refractivity contribution in [1.29, 1.82) is 0 Å². The molecule has 0 radical (unpaired) electrons. The Labute approximate surface area is 77.9 Å². The third kappa shape index (κ3) is 1.60. The molecule has 1 unspecified atom stereocenters. The van der Waals surface area contributed by atoms with Gasteiger partial charge in [-0.2, -0.15) is 0 Å². The third-order valence-corrected chi connectivity index (χ3v) is 2.35. The van der Waals surface area contributed by atoms with Gasteiger partial charge >= 0.3 is 0 Å². The molecule has 1 aromatic rings. The summed E-state index contributed by atoms with van der Waals surface area (Å²) in [4.78, 5) is 0. The van der Waals surface area contributed by atoms with Crippen LogP contribution in [-0.4, -0.2) is 19.7 Å². The lowest BCUT2D eigenvalue weighted by Gasteiger charge is -2.23. The molecule has 0 bridgehead atoms. The van der Waals surface area contributed by atoms with Gasteiger partial charge in [-0.05, 0) is 18.1 Å². The van der Waals surface area contributed by atoms with Crippen LogP contribution < -0.4 is 15.8 Å². The number of nitrogens with two attached hydrogens (primary N) is 1. The molecule has 70 valence electrons. The van der Waals surface area contributed by atoms with Gasteiger partial charge in [-0.1, -0.05) is 6.07 Å². The van der Waals surface area contributed by atoms with Crippen molar-refractivity contribution in [2.75, 3.05) is 19.0 Å². The van der Waals surface area contributed by atoms with E-state index in [2.05, 4.69) is 11.4 Å². The summed E-state index contributed by atoms with van der Waals surface area (Å²) in [5.41, 5.74) is 8.26. The normalized spacial score (nSPS) is 20.3. The molecule has 1 heterocycles. The van der Waals surface area contributed by atoms with Crippen molar-refractivity contribution in [1.82, 2.24) is 0 Å². The first-order chi connectivity index (χ1) is 6.29. The molecule has 3 nitrogen and oxygen atoms in total. The molecule has 0 saturated heterocycles. The predicted molar refractivity (Wildman–Crippen MR) is 53.2 cm³/mol. The molecule has 0 fully saturated rings. The summed E-state index contributed by atoms with van der Waals surface area (Å²) in [6.45, 7) is 0.847. The van der Waals surface area contributed by atoms with Gasteiger partial charge in [-0.25, -0.2) is 0 Å². The SMILES string of the molecule is COc1ccc2c(c1)NCC(N)C2. The number of hydrogen-bond acceptors (Lipinski definition) is 3. The summed E-state index contributed by atoms with van der Waals surface area (Å²) >= 11 is 0. The Kier molecular flexibility index (Phi) is 2.10. The van der Waals surface area contributed by atoms with Crippen LogP contribution in [0, 0.1) is 0 Å². The maximum Gasteiger partial charge on any atom is 0.120 e. The van der Waals surface area contributed by atoms with E-state index in [1.165, 1.54) is 5.56 Å². The number of nitrogens with one attached hydrogen (secondary N) is 1. The maximum absolute atomic E-state index is 5.83. The lowest BCUT2D eigenvalue weighted by atomic mass is 10.0. The quantitative estimate of drug-likeness (QED) is 0.674. The van der Waals surface area contributed by atoms with Gasteiger partial charge in [0.25, 0.3) is 0 Å². The molecular weight excluding hydrogens is 164 g/mol. The van der Waals surface area contributed by atoms with Crippen LogP contribution in [0.4, 0.5) is 5.69 Å². The lowest BCUT2D eigenvalue weighted by molar-refractivity contribution is 0.414. The highest BCUT2D eigenvalue weighted by atomic mass is 16.5. The highest BCUT2D eigenvalue weighted by Crippen LogP contribution is 2.25. The highest BCUT2D eigenvalue weighted by molar-refractivity contribution is 5.57.